The van der Waals surface area contributed by atoms with Crippen molar-refractivity contribution in [2.24, 2.45) is 5.92 Å². The van der Waals surface area contributed by atoms with E-state index in [0.29, 0.717) is 36.6 Å². The molecule has 8 nitrogen and oxygen atoms in total. The maximum absolute atomic E-state index is 14.9. The number of fused-ring (bicyclic) bond motifs is 1. The zero-order valence-corrected chi connectivity index (χ0v) is 22.4. The van der Waals surface area contributed by atoms with Gasteiger partial charge in [-0.25, -0.2) is 18.6 Å². The smallest absolute Gasteiger partial charge is 0.320 e. The molecule has 2 amide bonds. The van der Waals surface area contributed by atoms with Crippen LogP contribution >= 0.6 is 0 Å². The summed E-state index contributed by atoms with van der Waals surface area (Å²) in [6.45, 7) is 6.36. The van der Waals surface area contributed by atoms with E-state index >= 15 is 0 Å². The van der Waals surface area contributed by atoms with Crippen LogP contribution in [0.2, 0.25) is 19.6 Å². The molecule has 1 aromatic heterocycles. The van der Waals surface area contributed by atoms with E-state index < -0.39 is 31.7 Å². The Bertz CT molecular complexity index is 1220. The molecule has 198 valence electrons. The first-order chi connectivity index (χ1) is 17.4. The van der Waals surface area contributed by atoms with E-state index in [1.165, 1.54) is 29.0 Å². The normalized spacial score (nSPS) is 17.7. The third kappa shape index (κ3) is 5.51. The number of carboxylic acids is 1. The molecule has 0 bridgehead atoms. The summed E-state index contributed by atoms with van der Waals surface area (Å²) in [6.07, 6.45) is 0.118. The molecular weight excluding hydrogens is 500 g/mol. The Morgan fingerprint density at radius 3 is 2.35 bits per heavy atom. The minimum atomic E-state index is -2.28. The van der Waals surface area contributed by atoms with Crippen molar-refractivity contribution < 1.29 is 33.0 Å². The molecule has 37 heavy (non-hydrogen) atoms. The summed E-state index contributed by atoms with van der Waals surface area (Å²) in [6, 6.07) is 4.37. The summed E-state index contributed by atoms with van der Waals surface area (Å²) in [5, 5.41) is 9.09. The Kier molecular flexibility index (Phi) is 7.36. The summed E-state index contributed by atoms with van der Waals surface area (Å²) in [4.78, 5) is 45.4. The van der Waals surface area contributed by atoms with Gasteiger partial charge in [0.2, 0.25) is 5.88 Å². The van der Waals surface area contributed by atoms with Gasteiger partial charge in [0, 0.05) is 55.2 Å². The number of ketones is 1. The van der Waals surface area contributed by atoms with Crippen LogP contribution in [0, 0.1) is 17.6 Å². The second kappa shape index (κ2) is 10.2. The lowest BCUT2D eigenvalue weighted by molar-refractivity contribution is -0.139. The van der Waals surface area contributed by atoms with Gasteiger partial charge in [0.15, 0.2) is 5.78 Å². The highest BCUT2D eigenvalue weighted by molar-refractivity contribution is 6.88. The fourth-order valence-electron chi connectivity index (χ4n) is 5.16. The molecule has 2 aliphatic rings. The van der Waals surface area contributed by atoms with Gasteiger partial charge in [0.05, 0.1) is 27.3 Å². The van der Waals surface area contributed by atoms with Crippen LogP contribution in [0.3, 0.4) is 0 Å². The summed E-state index contributed by atoms with van der Waals surface area (Å²) in [5.41, 5.74) is 1.38. The summed E-state index contributed by atoms with van der Waals surface area (Å²) in [7, 11) is -0.790. The molecule has 4 rings (SSSR count). The largest absolute Gasteiger partial charge is 0.481 e. The molecule has 0 aliphatic carbocycles. The van der Waals surface area contributed by atoms with Gasteiger partial charge < -0.3 is 19.6 Å². The number of carboxylic acid groups (broad SMARTS) is 1. The van der Waals surface area contributed by atoms with Crippen LogP contribution in [0.25, 0.3) is 0 Å². The summed E-state index contributed by atoms with van der Waals surface area (Å²) >= 11 is 0. The fraction of sp³-hybridized carbons (Fsp3) is 0.462. The van der Waals surface area contributed by atoms with E-state index in [2.05, 4.69) is 4.98 Å². The average molecular weight is 532 g/mol. The van der Waals surface area contributed by atoms with Crippen LogP contribution in [0.15, 0.2) is 24.3 Å². The SMILES string of the molecule is COc1ccc2c(n1)CCN(C(=O)N1CC(CC(=O)O)C1)[C@H]2C(=O)Cc1cc(F)c([Si](C)(C)C)c(F)c1. The van der Waals surface area contributed by atoms with E-state index in [1.807, 2.05) is 19.6 Å². The van der Waals surface area contributed by atoms with Gasteiger partial charge >= 0.3 is 12.0 Å². The molecule has 1 fully saturated rings. The number of likely N-dealkylation sites (tertiary alicyclic amines) is 1. The standard InChI is InChI=1S/C26H31F2N3O5Si/c1-36-22-6-5-17-20(29-22)7-8-31(26(35)30-13-16(14-30)12-23(33)34)24(17)21(32)11-15-9-18(27)25(19(28)10-15)37(2,3)4/h5-6,9-10,16,24H,7-8,11-14H2,1-4H3,(H,33,34)/t24-/m1/s1. The number of pyridine rings is 1. The number of urea groups is 1. The second-order valence-electron chi connectivity index (χ2n) is 10.7. The lowest BCUT2D eigenvalue weighted by atomic mass is 9.90. The van der Waals surface area contributed by atoms with Gasteiger partial charge in [-0.05, 0) is 23.8 Å². The Morgan fingerprint density at radius 1 is 1.14 bits per heavy atom. The predicted molar refractivity (Wildman–Crippen MR) is 135 cm³/mol. The number of nitrogens with zero attached hydrogens (tertiary/aromatic N) is 3. The van der Waals surface area contributed by atoms with Gasteiger partial charge in [-0.2, -0.15) is 0 Å². The zero-order chi connectivity index (χ0) is 27.1. The van der Waals surface area contributed by atoms with E-state index in [1.54, 1.807) is 12.1 Å². The van der Waals surface area contributed by atoms with Crippen LogP contribution < -0.4 is 9.92 Å². The minimum absolute atomic E-state index is 0.0246. The van der Waals surface area contributed by atoms with Gasteiger partial charge in [0.1, 0.15) is 17.7 Å². The Morgan fingerprint density at radius 2 is 1.78 bits per heavy atom. The molecule has 0 saturated carbocycles. The molecule has 1 aromatic carbocycles. The third-order valence-corrected chi connectivity index (χ3v) is 8.84. The highest BCUT2D eigenvalue weighted by atomic mass is 28.3. The topological polar surface area (TPSA) is 100 Å². The number of hydrogen-bond donors (Lipinski definition) is 1. The number of methoxy groups -OCH3 is 1. The fourth-order valence-corrected chi connectivity index (χ4v) is 6.73. The molecular formula is C26H31F2N3O5Si. The molecule has 0 radical (unpaired) electrons. The molecule has 1 atom stereocenters. The maximum atomic E-state index is 14.9. The number of rotatable bonds is 7. The number of aliphatic carboxylic acids is 1. The Balaban J connectivity index is 1.62. The maximum Gasteiger partial charge on any atom is 0.320 e. The number of benzene rings is 1. The Hall–Kier alpha value is -3.34. The van der Waals surface area contributed by atoms with Crippen LogP contribution in [0.5, 0.6) is 5.88 Å². The van der Waals surface area contributed by atoms with Gasteiger partial charge in [-0.15, -0.1) is 0 Å². The first kappa shape index (κ1) is 26.7. The molecule has 2 aromatic rings. The van der Waals surface area contributed by atoms with Crippen molar-refractivity contribution in [2.75, 3.05) is 26.7 Å². The van der Waals surface area contributed by atoms with Crippen molar-refractivity contribution in [2.45, 2.75) is 44.9 Å². The van der Waals surface area contributed by atoms with E-state index in [0.717, 1.165) is 0 Å². The van der Waals surface area contributed by atoms with E-state index in [-0.39, 0.29) is 47.9 Å². The van der Waals surface area contributed by atoms with Crippen molar-refractivity contribution in [3.8, 4) is 5.88 Å². The molecule has 0 spiro atoms. The molecule has 11 heteroatoms. The number of carbonyl (C=O) groups is 3. The predicted octanol–water partition coefficient (Wildman–Crippen LogP) is 3.15. The third-order valence-electron chi connectivity index (χ3n) is 6.86. The van der Waals surface area contributed by atoms with Crippen LogP contribution in [0.4, 0.5) is 13.6 Å². The lowest BCUT2D eigenvalue weighted by Gasteiger charge is -2.44. The van der Waals surface area contributed by atoms with Crippen LogP contribution in [-0.4, -0.2) is 72.5 Å². The van der Waals surface area contributed by atoms with Crippen molar-refractivity contribution in [3.63, 3.8) is 0 Å². The van der Waals surface area contributed by atoms with Crippen LogP contribution in [0.1, 0.15) is 29.3 Å². The monoisotopic (exact) mass is 531 g/mol. The van der Waals surface area contributed by atoms with E-state index in [4.69, 9.17) is 9.84 Å². The number of Topliss-reactive ketones (excluding diaryl/α,β-unsaturated/α-hetero) is 1. The molecule has 1 saturated heterocycles. The number of hydrogen-bond acceptors (Lipinski definition) is 5. The van der Waals surface area contributed by atoms with Crippen molar-refractivity contribution in [3.05, 3.63) is 52.7 Å². The number of ether oxygens (including phenoxy) is 1. The lowest BCUT2D eigenvalue weighted by Crippen LogP contribution is -2.57. The highest BCUT2D eigenvalue weighted by Gasteiger charge is 2.42. The van der Waals surface area contributed by atoms with Crippen LogP contribution in [-0.2, 0) is 22.4 Å². The van der Waals surface area contributed by atoms with E-state index in [9.17, 15) is 23.2 Å². The Labute approximate surface area is 215 Å². The van der Waals surface area contributed by atoms with Gasteiger partial charge in [-0.3, -0.25) is 9.59 Å². The molecule has 0 unspecified atom stereocenters. The number of aromatic nitrogens is 1. The molecule has 2 aliphatic heterocycles. The molecule has 3 heterocycles. The highest BCUT2D eigenvalue weighted by Crippen LogP contribution is 2.34. The zero-order valence-electron chi connectivity index (χ0n) is 21.4. The van der Waals surface area contributed by atoms with Gasteiger partial charge in [-0.1, -0.05) is 19.6 Å². The number of carbonyl (C=O) groups excluding carboxylic acids is 2. The van der Waals surface area contributed by atoms with Gasteiger partial charge in [0.25, 0.3) is 0 Å². The van der Waals surface area contributed by atoms with Crippen molar-refractivity contribution in [1.82, 2.24) is 14.8 Å². The molecule has 1 N–H and O–H groups in total. The van der Waals surface area contributed by atoms with Crippen molar-refractivity contribution >= 4 is 31.0 Å². The summed E-state index contributed by atoms with van der Waals surface area (Å²) < 4.78 is 34.9. The first-order valence-corrected chi connectivity index (χ1v) is 15.7. The second-order valence-corrected chi connectivity index (χ2v) is 15.7. The number of halogens is 2. The van der Waals surface area contributed by atoms with Crippen molar-refractivity contribution in [1.29, 1.82) is 0 Å². The first-order valence-electron chi connectivity index (χ1n) is 12.2. The number of amides is 2. The summed E-state index contributed by atoms with van der Waals surface area (Å²) in [5.74, 6) is -2.37. The average Bonchev–Trinajstić information content (AvgIpc) is 2.77. The quantitative estimate of drug-likeness (QED) is 0.551. The minimum Gasteiger partial charge on any atom is -0.481 e.